The number of rotatable bonds is 0. The number of hydrogen-bond donors (Lipinski definition) is 2. The summed E-state index contributed by atoms with van der Waals surface area (Å²) in [5, 5.41) is 21.8. The lowest BCUT2D eigenvalue weighted by molar-refractivity contribution is -0.0900. The van der Waals surface area contributed by atoms with Crippen LogP contribution in [-0.2, 0) is 0 Å². The predicted octanol–water partition coefficient (Wildman–Crippen LogP) is 4.07. The topological polar surface area (TPSA) is 40.5 Å². The molecule has 3 atom stereocenters. The summed E-state index contributed by atoms with van der Waals surface area (Å²) in [4.78, 5) is 0. The van der Waals surface area contributed by atoms with Crippen LogP contribution in [0.3, 0.4) is 0 Å². The SMILES string of the molecule is O[C@@H]1c2ccccc2[C@@H]2CCCCCCCCC[C@@]12O. The molecule has 0 aromatic heterocycles. The fourth-order valence-corrected chi connectivity index (χ4v) is 4.16. The Labute approximate surface area is 121 Å². The first-order chi connectivity index (χ1) is 9.73. The molecule has 20 heavy (non-hydrogen) atoms. The second-order valence-electron chi connectivity index (χ2n) is 6.59. The molecule has 2 N–H and O–H groups in total. The maximum atomic E-state index is 11.2. The van der Waals surface area contributed by atoms with Crippen LogP contribution in [0.5, 0.6) is 0 Å². The zero-order valence-corrected chi connectivity index (χ0v) is 12.2. The van der Waals surface area contributed by atoms with E-state index < -0.39 is 11.7 Å². The molecule has 3 rings (SSSR count). The minimum Gasteiger partial charge on any atom is -0.386 e. The van der Waals surface area contributed by atoms with Crippen LogP contribution in [0, 0.1) is 0 Å². The van der Waals surface area contributed by atoms with Gasteiger partial charge >= 0.3 is 0 Å². The summed E-state index contributed by atoms with van der Waals surface area (Å²) in [7, 11) is 0. The Bertz CT molecular complexity index is 456. The smallest absolute Gasteiger partial charge is 0.109 e. The molecule has 1 aromatic carbocycles. The highest BCUT2D eigenvalue weighted by Gasteiger charge is 2.50. The van der Waals surface area contributed by atoms with Crippen LogP contribution in [0.15, 0.2) is 24.3 Å². The molecule has 0 spiro atoms. The third-order valence-electron chi connectivity index (χ3n) is 5.31. The van der Waals surface area contributed by atoms with E-state index in [0.29, 0.717) is 0 Å². The number of benzene rings is 1. The van der Waals surface area contributed by atoms with Crippen molar-refractivity contribution >= 4 is 0 Å². The largest absolute Gasteiger partial charge is 0.386 e. The van der Waals surface area contributed by atoms with Gasteiger partial charge in [-0.25, -0.2) is 0 Å². The first kappa shape index (κ1) is 14.1. The molecule has 1 fully saturated rings. The van der Waals surface area contributed by atoms with Crippen molar-refractivity contribution in [3.63, 3.8) is 0 Å². The molecule has 0 saturated heterocycles. The Morgan fingerprint density at radius 2 is 1.45 bits per heavy atom. The van der Waals surface area contributed by atoms with Gasteiger partial charge in [-0.05, 0) is 24.0 Å². The Morgan fingerprint density at radius 1 is 0.850 bits per heavy atom. The van der Waals surface area contributed by atoms with Gasteiger partial charge in [-0.3, -0.25) is 0 Å². The molecule has 0 aliphatic heterocycles. The van der Waals surface area contributed by atoms with Gasteiger partial charge in [0.2, 0.25) is 0 Å². The van der Waals surface area contributed by atoms with E-state index in [1.807, 2.05) is 18.2 Å². The monoisotopic (exact) mass is 274 g/mol. The zero-order chi connectivity index (χ0) is 14.0. The van der Waals surface area contributed by atoms with Crippen molar-refractivity contribution in [2.24, 2.45) is 0 Å². The summed E-state index contributed by atoms with van der Waals surface area (Å²) in [6, 6.07) is 8.08. The minimum atomic E-state index is -0.936. The second kappa shape index (κ2) is 5.87. The maximum Gasteiger partial charge on any atom is 0.109 e. The van der Waals surface area contributed by atoms with Crippen LogP contribution in [-0.4, -0.2) is 15.8 Å². The van der Waals surface area contributed by atoms with Gasteiger partial charge in [0, 0.05) is 5.92 Å². The molecule has 2 aliphatic carbocycles. The molecule has 110 valence electrons. The maximum absolute atomic E-state index is 11.2. The van der Waals surface area contributed by atoms with E-state index in [-0.39, 0.29) is 5.92 Å². The standard InChI is InChI=1S/C18H26O2/c19-17-15-11-8-7-10-14(15)16-12-6-4-2-1-3-5-9-13-18(16,17)20/h7-8,10-11,16-17,19-20H,1-6,9,12-13H2/t16-,17+,18-/m0/s1. The van der Waals surface area contributed by atoms with Crippen LogP contribution in [0.25, 0.3) is 0 Å². The van der Waals surface area contributed by atoms with Crippen LogP contribution >= 0.6 is 0 Å². The van der Waals surface area contributed by atoms with Crippen LogP contribution < -0.4 is 0 Å². The van der Waals surface area contributed by atoms with Gasteiger partial charge in [0.05, 0.1) is 0 Å². The normalized spacial score (nSPS) is 34.9. The van der Waals surface area contributed by atoms with E-state index in [1.165, 1.54) is 37.7 Å². The summed E-state index contributed by atoms with van der Waals surface area (Å²) in [6.45, 7) is 0. The number of fused-ring (bicyclic) bond motifs is 3. The van der Waals surface area contributed by atoms with E-state index in [2.05, 4.69) is 6.07 Å². The van der Waals surface area contributed by atoms with Crippen molar-refractivity contribution in [3.05, 3.63) is 35.4 Å². The van der Waals surface area contributed by atoms with Crippen molar-refractivity contribution in [3.8, 4) is 0 Å². The van der Waals surface area contributed by atoms with Crippen molar-refractivity contribution in [1.29, 1.82) is 0 Å². The van der Waals surface area contributed by atoms with E-state index in [9.17, 15) is 10.2 Å². The third kappa shape index (κ3) is 2.40. The van der Waals surface area contributed by atoms with Gasteiger partial charge in [0.1, 0.15) is 11.7 Å². The summed E-state index contributed by atoms with van der Waals surface area (Å²) < 4.78 is 0. The average molecular weight is 274 g/mol. The van der Waals surface area contributed by atoms with Gasteiger partial charge in [-0.2, -0.15) is 0 Å². The summed E-state index contributed by atoms with van der Waals surface area (Å²) in [5.41, 5.74) is 1.20. The number of aliphatic hydroxyl groups excluding tert-OH is 1. The highest BCUT2D eigenvalue weighted by molar-refractivity contribution is 5.42. The third-order valence-corrected chi connectivity index (χ3v) is 5.31. The Morgan fingerprint density at radius 3 is 2.20 bits per heavy atom. The fraction of sp³-hybridized carbons (Fsp3) is 0.667. The van der Waals surface area contributed by atoms with Crippen LogP contribution in [0.4, 0.5) is 0 Å². The molecule has 0 radical (unpaired) electrons. The van der Waals surface area contributed by atoms with Crippen molar-refractivity contribution in [1.82, 2.24) is 0 Å². The van der Waals surface area contributed by atoms with Gasteiger partial charge in [0.25, 0.3) is 0 Å². The van der Waals surface area contributed by atoms with Crippen LogP contribution in [0.1, 0.15) is 80.9 Å². The Kier molecular flexibility index (Phi) is 4.13. The molecule has 2 heteroatoms. The molecule has 2 aliphatic rings. The first-order valence-corrected chi connectivity index (χ1v) is 8.23. The highest BCUT2D eigenvalue weighted by Crippen LogP contribution is 2.52. The summed E-state index contributed by atoms with van der Waals surface area (Å²) in [6.07, 6.45) is 9.55. The molecule has 0 bridgehead atoms. The lowest BCUT2D eigenvalue weighted by atomic mass is 9.80. The minimum absolute atomic E-state index is 0.117. The van der Waals surface area contributed by atoms with Crippen LogP contribution in [0.2, 0.25) is 0 Å². The highest BCUT2D eigenvalue weighted by atomic mass is 16.3. The van der Waals surface area contributed by atoms with Gasteiger partial charge in [0.15, 0.2) is 0 Å². The molecule has 1 aromatic rings. The lowest BCUT2D eigenvalue weighted by Gasteiger charge is -2.33. The predicted molar refractivity (Wildman–Crippen MR) is 80.6 cm³/mol. The summed E-state index contributed by atoms with van der Waals surface area (Å²) in [5.74, 6) is 0.117. The summed E-state index contributed by atoms with van der Waals surface area (Å²) >= 11 is 0. The second-order valence-corrected chi connectivity index (χ2v) is 6.59. The molecular formula is C18H26O2. The van der Waals surface area contributed by atoms with E-state index in [1.54, 1.807) is 0 Å². The van der Waals surface area contributed by atoms with Crippen molar-refractivity contribution in [2.75, 3.05) is 0 Å². The number of aliphatic hydroxyl groups is 2. The molecule has 0 unspecified atom stereocenters. The zero-order valence-electron chi connectivity index (χ0n) is 12.2. The molecule has 0 heterocycles. The lowest BCUT2D eigenvalue weighted by Crippen LogP contribution is -2.37. The van der Waals surface area contributed by atoms with Gasteiger partial charge < -0.3 is 10.2 Å². The quantitative estimate of drug-likeness (QED) is 0.748. The van der Waals surface area contributed by atoms with E-state index >= 15 is 0 Å². The fourth-order valence-electron chi connectivity index (χ4n) is 4.16. The molecule has 1 saturated carbocycles. The van der Waals surface area contributed by atoms with Gasteiger partial charge in [-0.1, -0.05) is 69.2 Å². The number of hydrogen-bond acceptors (Lipinski definition) is 2. The average Bonchev–Trinajstić information content (AvgIpc) is 2.66. The van der Waals surface area contributed by atoms with E-state index in [4.69, 9.17) is 0 Å². The molecule has 0 amide bonds. The van der Waals surface area contributed by atoms with Crippen molar-refractivity contribution in [2.45, 2.75) is 75.4 Å². The Balaban J connectivity index is 1.91. The first-order valence-electron chi connectivity index (χ1n) is 8.23. The van der Waals surface area contributed by atoms with Gasteiger partial charge in [-0.15, -0.1) is 0 Å². The van der Waals surface area contributed by atoms with E-state index in [0.717, 1.165) is 31.2 Å². The van der Waals surface area contributed by atoms with Crippen molar-refractivity contribution < 1.29 is 10.2 Å². The molecular weight excluding hydrogens is 248 g/mol. The molecule has 2 nitrogen and oxygen atoms in total. The Hall–Kier alpha value is -0.860.